The number of carbonyl (C=O) groups excluding carboxylic acids is 1. The molecule has 1 fully saturated rings. The molecule has 0 saturated carbocycles. The molecular formula is C16H16ClN5O2. The molecule has 1 amide bonds. The summed E-state index contributed by atoms with van der Waals surface area (Å²) in [6.45, 7) is 2.77. The molecule has 24 heavy (non-hydrogen) atoms. The highest BCUT2D eigenvalue weighted by Gasteiger charge is 2.50. The molecule has 8 heteroatoms. The molecule has 1 saturated heterocycles. The monoisotopic (exact) mass is 345 g/mol. The van der Waals surface area contributed by atoms with Gasteiger partial charge in [0.15, 0.2) is 5.82 Å². The Labute approximate surface area is 144 Å². The Balaban J connectivity index is 1.83. The quantitative estimate of drug-likeness (QED) is 0.840. The first kappa shape index (κ1) is 15.3. The molecule has 0 radical (unpaired) electrons. The lowest BCUT2D eigenvalue weighted by Crippen LogP contribution is -2.59. The van der Waals surface area contributed by atoms with Crippen LogP contribution in [0.4, 0.5) is 11.5 Å². The zero-order chi connectivity index (χ0) is 16.7. The third kappa shape index (κ3) is 2.32. The van der Waals surface area contributed by atoms with Gasteiger partial charge in [0.2, 0.25) is 5.28 Å². The number of pyridine rings is 1. The lowest BCUT2D eigenvalue weighted by Gasteiger charge is -2.42. The predicted molar refractivity (Wildman–Crippen MR) is 89.0 cm³/mol. The van der Waals surface area contributed by atoms with E-state index >= 15 is 0 Å². The van der Waals surface area contributed by atoms with E-state index in [1.165, 1.54) is 0 Å². The molecule has 0 aromatic carbocycles. The van der Waals surface area contributed by atoms with Crippen LogP contribution in [0.15, 0.2) is 30.6 Å². The summed E-state index contributed by atoms with van der Waals surface area (Å²) in [6.07, 6.45) is 3.86. The van der Waals surface area contributed by atoms with Gasteiger partial charge in [0, 0.05) is 19.2 Å². The highest BCUT2D eigenvalue weighted by Crippen LogP contribution is 2.41. The van der Waals surface area contributed by atoms with Crippen molar-refractivity contribution in [2.75, 3.05) is 23.4 Å². The highest BCUT2D eigenvalue weighted by molar-refractivity contribution is 6.28. The molecule has 1 spiro atoms. The van der Waals surface area contributed by atoms with Crippen molar-refractivity contribution >= 4 is 29.0 Å². The Morgan fingerprint density at radius 2 is 2.29 bits per heavy atom. The highest BCUT2D eigenvalue weighted by atomic mass is 35.5. The van der Waals surface area contributed by atoms with Crippen LogP contribution in [0.1, 0.15) is 25.1 Å². The smallest absolute Gasteiger partial charge is 0.255 e. The first-order valence-electron chi connectivity index (χ1n) is 7.74. The number of fused-ring (bicyclic) bond motifs is 1. The van der Waals surface area contributed by atoms with Gasteiger partial charge in [-0.2, -0.15) is 4.98 Å². The van der Waals surface area contributed by atoms with Gasteiger partial charge < -0.3 is 10.1 Å². The summed E-state index contributed by atoms with van der Waals surface area (Å²) in [4.78, 5) is 27.7. The van der Waals surface area contributed by atoms with Crippen LogP contribution in [0.2, 0.25) is 5.28 Å². The number of ether oxygens (including phenoxy) is 1. The van der Waals surface area contributed by atoms with E-state index in [9.17, 15) is 4.79 Å². The number of anilines is 2. The van der Waals surface area contributed by atoms with Crippen LogP contribution in [0.3, 0.4) is 0 Å². The molecule has 0 bridgehead atoms. The molecule has 0 aliphatic carbocycles. The second-order valence-electron chi connectivity index (χ2n) is 5.99. The molecule has 2 atom stereocenters. The van der Waals surface area contributed by atoms with E-state index in [0.717, 1.165) is 5.69 Å². The lowest BCUT2D eigenvalue weighted by atomic mass is 9.92. The standard InChI is InChI=1S/C16H16ClN5O2/c1-10(11-4-2-3-6-18-11)22-12-8-19-15(17)20-13(12)21-16(14(22)23)5-7-24-9-16/h2-4,6,8,10H,5,7,9H2,1H3,(H,19,20,21). The van der Waals surface area contributed by atoms with Gasteiger partial charge in [-0.25, -0.2) is 4.98 Å². The zero-order valence-corrected chi connectivity index (χ0v) is 13.8. The van der Waals surface area contributed by atoms with E-state index < -0.39 is 5.54 Å². The van der Waals surface area contributed by atoms with E-state index in [1.54, 1.807) is 17.3 Å². The number of amides is 1. The number of hydrogen-bond donors (Lipinski definition) is 1. The van der Waals surface area contributed by atoms with E-state index in [1.807, 2.05) is 25.1 Å². The average molecular weight is 346 g/mol. The fourth-order valence-electron chi connectivity index (χ4n) is 3.21. The SMILES string of the molecule is CC(c1ccccn1)N1C(=O)C2(CCOC2)Nc2nc(Cl)ncc21. The van der Waals surface area contributed by atoms with Crippen molar-refractivity contribution in [1.29, 1.82) is 0 Å². The fourth-order valence-corrected chi connectivity index (χ4v) is 3.35. The minimum absolute atomic E-state index is 0.0587. The molecule has 124 valence electrons. The lowest BCUT2D eigenvalue weighted by molar-refractivity contribution is -0.123. The zero-order valence-electron chi connectivity index (χ0n) is 13.1. The number of halogens is 1. The maximum atomic E-state index is 13.3. The van der Waals surface area contributed by atoms with Gasteiger partial charge in [-0.05, 0) is 30.7 Å². The van der Waals surface area contributed by atoms with Crippen molar-refractivity contribution in [2.45, 2.75) is 24.9 Å². The van der Waals surface area contributed by atoms with Crippen LogP contribution in [-0.2, 0) is 9.53 Å². The summed E-state index contributed by atoms with van der Waals surface area (Å²) in [5.41, 5.74) is 0.580. The summed E-state index contributed by atoms with van der Waals surface area (Å²) < 4.78 is 5.49. The maximum absolute atomic E-state index is 13.3. The van der Waals surface area contributed by atoms with Crippen molar-refractivity contribution in [3.8, 4) is 0 Å². The summed E-state index contributed by atoms with van der Waals surface area (Å²) in [5.74, 6) is 0.486. The third-order valence-corrected chi connectivity index (χ3v) is 4.69. The third-order valence-electron chi connectivity index (χ3n) is 4.51. The number of carbonyl (C=O) groups is 1. The van der Waals surface area contributed by atoms with E-state index in [2.05, 4.69) is 20.3 Å². The number of hydrogen-bond acceptors (Lipinski definition) is 6. The van der Waals surface area contributed by atoms with Crippen LogP contribution in [0.25, 0.3) is 0 Å². The van der Waals surface area contributed by atoms with Crippen LogP contribution in [-0.4, -0.2) is 39.6 Å². The molecule has 2 aliphatic rings. The van der Waals surface area contributed by atoms with Crippen LogP contribution >= 0.6 is 11.6 Å². The summed E-state index contributed by atoms with van der Waals surface area (Å²) in [7, 11) is 0. The maximum Gasteiger partial charge on any atom is 0.255 e. The predicted octanol–water partition coefficient (Wildman–Crippen LogP) is 2.20. The van der Waals surface area contributed by atoms with Crippen LogP contribution in [0.5, 0.6) is 0 Å². The molecule has 7 nitrogen and oxygen atoms in total. The topological polar surface area (TPSA) is 80.2 Å². The van der Waals surface area contributed by atoms with Crippen molar-refractivity contribution < 1.29 is 9.53 Å². The summed E-state index contributed by atoms with van der Waals surface area (Å²) in [5, 5.41) is 3.36. The van der Waals surface area contributed by atoms with Crippen molar-refractivity contribution in [3.05, 3.63) is 41.6 Å². The second kappa shape index (κ2) is 5.68. The van der Waals surface area contributed by atoms with Gasteiger partial charge in [0.25, 0.3) is 5.91 Å². The molecule has 2 aromatic rings. The first-order valence-corrected chi connectivity index (χ1v) is 8.12. The summed E-state index contributed by atoms with van der Waals surface area (Å²) >= 11 is 5.94. The second-order valence-corrected chi connectivity index (χ2v) is 6.33. The van der Waals surface area contributed by atoms with Gasteiger partial charge in [-0.1, -0.05) is 6.07 Å². The molecule has 1 N–H and O–H groups in total. The minimum atomic E-state index is -0.812. The van der Waals surface area contributed by atoms with Crippen LogP contribution < -0.4 is 10.2 Å². The van der Waals surface area contributed by atoms with Gasteiger partial charge in [-0.3, -0.25) is 14.7 Å². The largest absolute Gasteiger partial charge is 0.378 e. The fraction of sp³-hybridized carbons (Fsp3) is 0.375. The Kier molecular flexibility index (Phi) is 3.62. The number of nitrogens with one attached hydrogen (secondary N) is 1. The number of rotatable bonds is 2. The molecule has 4 rings (SSSR count). The normalized spacial score (nSPS) is 23.9. The van der Waals surface area contributed by atoms with Crippen molar-refractivity contribution in [3.63, 3.8) is 0 Å². The Morgan fingerprint density at radius 3 is 3.00 bits per heavy atom. The van der Waals surface area contributed by atoms with E-state index in [-0.39, 0.29) is 17.2 Å². The minimum Gasteiger partial charge on any atom is -0.378 e. The average Bonchev–Trinajstić information content (AvgIpc) is 3.06. The van der Waals surface area contributed by atoms with Crippen LogP contribution in [0, 0.1) is 0 Å². The number of aromatic nitrogens is 3. The number of nitrogens with zero attached hydrogens (tertiary/aromatic N) is 4. The Morgan fingerprint density at radius 1 is 1.42 bits per heavy atom. The van der Waals surface area contributed by atoms with E-state index in [4.69, 9.17) is 16.3 Å². The van der Waals surface area contributed by atoms with Gasteiger partial charge in [-0.15, -0.1) is 0 Å². The molecule has 4 heterocycles. The first-order chi connectivity index (χ1) is 11.6. The molecule has 2 unspecified atom stereocenters. The summed E-state index contributed by atoms with van der Waals surface area (Å²) in [6, 6.07) is 5.38. The molecular weight excluding hydrogens is 330 g/mol. The Bertz CT molecular complexity index is 779. The van der Waals surface area contributed by atoms with Gasteiger partial charge in [0.05, 0.1) is 24.5 Å². The van der Waals surface area contributed by atoms with E-state index in [0.29, 0.717) is 31.1 Å². The van der Waals surface area contributed by atoms with Gasteiger partial charge in [0.1, 0.15) is 11.2 Å². The van der Waals surface area contributed by atoms with Gasteiger partial charge >= 0.3 is 0 Å². The van der Waals surface area contributed by atoms with Crippen molar-refractivity contribution in [1.82, 2.24) is 15.0 Å². The van der Waals surface area contributed by atoms with Crippen molar-refractivity contribution in [2.24, 2.45) is 0 Å². The molecule has 2 aliphatic heterocycles. The Hall–Kier alpha value is -2.25. The molecule has 2 aromatic heterocycles.